The van der Waals surface area contributed by atoms with E-state index >= 15 is 0 Å². The molecule has 148 valence electrons. The number of nitrogens with zero attached hydrogens (tertiary/aromatic N) is 3. The molecular formula is C21H26N4O2S. The first-order valence-electron chi connectivity index (χ1n) is 9.56. The summed E-state index contributed by atoms with van der Waals surface area (Å²) in [6.45, 7) is 2.53. The van der Waals surface area contributed by atoms with Gasteiger partial charge in [-0.25, -0.2) is 0 Å². The van der Waals surface area contributed by atoms with E-state index in [9.17, 15) is 4.79 Å². The summed E-state index contributed by atoms with van der Waals surface area (Å²) in [6.07, 6.45) is 9.95. The Bertz CT molecular complexity index is 841. The lowest BCUT2D eigenvalue weighted by atomic mass is 9.85. The van der Waals surface area contributed by atoms with Crippen LogP contribution in [0.1, 0.15) is 38.6 Å². The zero-order valence-electron chi connectivity index (χ0n) is 16.4. The largest absolute Gasteiger partial charge is 0.497 e. The maximum absolute atomic E-state index is 12.0. The zero-order valence-corrected chi connectivity index (χ0v) is 17.2. The lowest BCUT2D eigenvalue weighted by molar-refractivity contribution is -0.118. The Morgan fingerprint density at radius 1 is 1.32 bits per heavy atom. The van der Waals surface area contributed by atoms with E-state index in [1.807, 2.05) is 24.3 Å². The molecule has 1 saturated carbocycles. The highest BCUT2D eigenvalue weighted by atomic mass is 32.2. The fourth-order valence-corrected chi connectivity index (χ4v) is 4.44. The number of carbonyl (C=O) groups is 1. The summed E-state index contributed by atoms with van der Waals surface area (Å²) in [5.74, 6) is 4.77. The molecule has 0 spiro atoms. The number of nitrogens with one attached hydrogen (secondary N) is 1. The number of thioether (sulfide) groups is 1. The SMILES string of the molecule is C#CCNC(=O)CSc1nnc(-c2ccc(OC)cc2)n1[C@H]1CCCC[C@@H]1C. The van der Waals surface area contributed by atoms with Gasteiger partial charge >= 0.3 is 0 Å². The van der Waals surface area contributed by atoms with Crippen molar-refractivity contribution in [3.8, 4) is 29.5 Å². The van der Waals surface area contributed by atoms with E-state index in [1.54, 1.807) is 7.11 Å². The molecule has 0 unspecified atom stereocenters. The number of carbonyl (C=O) groups excluding carboxylic acids is 1. The molecule has 1 N–H and O–H groups in total. The van der Waals surface area contributed by atoms with Gasteiger partial charge in [0.1, 0.15) is 5.75 Å². The minimum atomic E-state index is -0.0970. The second-order valence-corrected chi connectivity index (χ2v) is 7.95. The average Bonchev–Trinajstić information content (AvgIpc) is 3.14. The molecule has 2 atom stereocenters. The molecule has 1 fully saturated rings. The number of amides is 1. The molecule has 0 saturated heterocycles. The normalized spacial score (nSPS) is 19.0. The van der Waals surface area contributed by atoms with Crippen LogP contribution in [0.5, 0.6) is 5.75 Å². The van der Waals surface area contributed by atoms with E-state index in [0.717, 1.165) is 28.7 Å². The smallest absolute Gasteiger partial charge is 0.231 e. The molecule has 7 heteroatoms. The van der Waals surface area contributed by atoms with Crippen LogP contribution in [0.4, 0.5) is 0 Å². The maximum atomic E-state index is 12.0. The van der Waals surface area contributed by atoms with Crippen molar-refractivity contribution in [2.24, 2.45) is 5.92 Å². The van der Waals surface area contributed by atoms with Crippen LogP contribution in [0.25, 0.3) is 11.4 Å². The number of hydrogen-bond donors (Lipinski definition) is 1. The molecule has 1 heterocycles. The van der Waals surface area contributed by atoms with Crippen molar-refractivity contribution in [3.05, 3.63) is 24.3 Å². The molecule has 1 aromatic heterocycles. The van der Waals surface area contributed by atoms with Crippen molar-refractivity contribution in [1.82, 2.24) is 20.1 Å². The second-order valence-electron chi connectivity index (χ2n) is 7.00. The Labute approximate surface area is 170 Å². The number of terminal acetylenes is 1. The quantitative estimate of drug-likeness (QED) is 0.571. The van der Waals surface area contributed by atoms with Gasteiger partial charge in [0, 0.05) is 11.6 Å². The number of methoxy groups -OCH3 is 1. The molecule has 28 heavy (non-hydrogen) atoms. The maximum Gasteiger partial charge on any atom is 0.231 e. The number of hydrogen-bond acceptors (Lipinski definition) is 5. The summed E-state index contributed by atoms with van der Waals surface area (Å²) in [7, 11) is 1.65. The summed E-state index contributed by atoms with van der Waals surface area (Å²) >= 11 is 1.41. The Morgan fingerprint density at radius 3 is 2.75 bits per heavy atom. The molecule has 2 aromatic rings. The van der Waals surface area contributed by atoms with Crippen molar-refractivity contribution < 1.29 is 9.53 Å². The number of ether oxygens (including phenoxy) is 1. The second kappa shape index (κ2) is 9.65. The monoisotopic (exact) mass is 398 g/mol. The van der Waals surface area contributed by atoms with Crippen LogP contribution in [0.3, 0.4) is 0 Å². The van der Waals surface area contributed by atoms with E-state index in [1.165, 1.54) is 31.0 Å². The summed E-state index contributed by atoms with van der Waals surface area (Å²) in [6, 6.07) is 8.19. The van der Waals surface area contributed by atoms with Crippen LogP contribution in [-0.2, 0) is 4.79 Å². The van der Waals surface area contributed by atoms with Crippen molar-refractivity contribution >= 4 is 17.7 Å². The highest BCUT2D eigenvalue weighted by molar-refractivity contribution is 7.99. The zero-order chi connectivity index (χ0) is 19.9. The van der Waals surface area contributed by atoms with Gasteiger partial charge in [-0.05, 0) is 43.0 Å². The van der Waals surface area contributed by atoms with Gasteiger partial charge in [0.15, 0.2) is 11.0 Å². The molecule has 0 bridgehead atoms. The predicted octanol–water partition coefficient (Wildman–Crippen LogP) is 3.55. The topological polar surface area (TPSA) is 69.0 Å². The van der Waals surface area contributed by atoms with Gasteiger partial charge in [-0.1, -0.05) is 37.4 Å². The Morgan fingerprint density at radius 2 is 2.07 bits per heavy atom. The van der Waals surface area contributed by atoms with Crippen molar-refractivity contribution in [1.29, 1.82) is 0 Å². The van der Waals surface area contributed by atoms with Gasteiger partial charge < -0.3 is 10.1 Å². The van der Waals surface area contributed by atoms with Crippen LogP contribution in [-0.4, -0.2) is 40.1 Å². The van der Waals surface area contributed by atoms with Gasteiger partial charge in [0.25, 0.3) is 0 Å². The summed E-state index contributed by atoms with van der Waals surface area (Å²) in [4.78, 5) is 12.0. The van der Waals surface area contributed by atoms with E-state index < -0.39 is 0 Å². The fourth-order valence-electron chi connectivity index (χ4n) is 3.62. The number of rotatable bonds is 7. The Balaban J connectivity index is 1.89. The molecule has 1 aromatic carbocycles. The molecule has 1 aliphatic rings. The highest BCUT2D eigenvalue weighted by Crippen LogP contribution is 2.39. The average molecular weight is 399 g/mol. The van der Waals surface area contributed by atoms with Gasteiger partial charge in [-0.2, -0.15) is 0 Å². The van der Waals surface area contributed by atoms with Gasteiger partial charge in [0.05, 0.1) is 19.4 Å². The third kappa shape index (κ3) is 4.68. The summed E-state index contributed by atoms with van der Waals surface area (Å²) in [5, 5.41) is 12.4. The molecule has 0 aliphatic heterocycles. The fraction of sp³-hybridized carbons (Fsp3) is 0.476. The highest BCUT2D eigenvalue weighted by Gasteiger charge is 2.28. The lowest BCUT2D eigenvalue weighted by Crippen LogP contribution is -2.26. The predicted molar refractivity (Wildman–Crippen MR) is 111 cm³/mol. The standard InChI is InChI=1S/C21H26N4O2S/c1-4-13-22-19(26)14-28-21-24-23-20(16-9-11-17(27-3)12-10-16)25(21)18-8-6-5-7-15(18)2/h1,9-12,15,18H,5-8,13-14H2,2-3H3,(H,22,26)/t15-,18-/m0/s1. The first kappa shape index (κ1) is 20.3. The van der Waals surface area contributed by atoms with Gasteiger partial charge in [0.2, 0.25) is 5.91 Å². The van der Waals surface area contributed by atoms with E-state index in [-0.39, 0.29) is 18.2 Å². The third-order valence-corrected chi connectivity index (χ3v) is 6.07. The van der Waals surface area contributed by atoms with Crippen LogP contribution >= 0.6 is 11.8 Å². The first-order valence-corrected chi connectivity index (χ1v) is 10.5. The third-order valence-electron chi connectivity index (χ3n) is 5.13. The minimum Gasteiger partial charge on any atom is -0.497 e. The Hall–Kier alpha value is -2.46. The van der Waals surface area contributed by atoms with Gasteiger partial charge in [-0.3, -0.25) is 9.36 Å². The molecule has 3 rings (SSSR count). The number of aromatic nitrogens is 3. The molecular weight excluding hydrogens is 372 g/mol. The van der Waals surface area contributed by atoms with Crippen molar-refractivity contribution in [2.75, 3.05) is 19.4 Å². The van der Waals surface area contributed by atoms with E-state index in [4.69, 9.17) is 11.2 Å². The van der Waals surface area contributed by atoms with E-state index in [0.29, 0.717) is 12.0 Å². The molecule has 0 radical (unpaired) electrons. The van der Waals surface area contributed by atoms with Crippen molar-refractivity contribution in [2.45, 2.75) is 43.8 Å². The summed E-state index contributed by atoms with van der Waals surface area (Å²) in [5.41, 5.74) is 0.995. The molecule has 1 aliphatic carbocycles. The Kier molecular flexibility index (Phi) is 6.99. The van der Waals surface area contributed by atoms with Gasteiger partial charge in [-0.15, -0.1) is 16.6 Å². The summed E-state index contributed by atoms with van der Waals surface area (Å²) < 4.78 is 7.49. The van der Waals surface area contributed by atoms with E-state index in [2.05, 4.69) is 32.9 Å². The minimum absolute atomic E-state index is 0.0970. The number of benzene rings is 1. The first-order chi connectivity index (χ1) is 13.6. The van der Waals surface area contributed by atoms with Crippen LogP contribution in [0.2, 0.25) is 0 Å². The molecule has 6 nitrogen and oxygen atoms in total. The van der Waals surface area contributed by atoms with Crippen molar-refractivity contribution in [3.63, 3.8) is 0 Å². The lowest BCUT2D eigenvalue weighted by Gasteiger charge is -2.31. The van der Waals surface area contributed by atoms with Crippen LogP contribution < -0.4 is 10.1 Å². The van der Waals surface area contributed by atoms with Crippen LogP contribution in [0, 0.1) is 18.3 Å². The molecule has 1 amide bonds. The van der Waals surface area contributed by atoms with Crippen LogP contribution in [0.15, 0.2) is 29.4 Å².